The Labute approximate surface area is 107 Å². The third-order valence-corrected chi connectivity index (χ3v) is 3.25. The van der Waals surface area contributed by atoms with Crippen molar-refractivity contribution in [3.05, 3.63) is 65.7 Å². The normalized spacial score (nSPS) is 19.2. The van der Waals surface area contributed by atoms with Crippen LogP contribution in [0.4, 0.5) is 5.69 Å². The van der Waals surface area contributed by atoms with E-state index in [1.165, 1.54) is 5.56 Å². The lowest BCUT2D eigenvalue weighted by Gasteiger charge is -2.20. The Hall–Kier alpha value is -1.84. The maximum Gasteiger partial charge on any atom is 0.110 e. The minimum absolute atomic E-state index is 0.0315. The van der Waals surface area contributed by atoms with Gasteiger partial charge in [0.2, 0.25) is 0 Å². The summed E-state index contributed by atoms with van der Waals surface area (Å²) in [6.07, 6.45) is -0.0315. The van der Waals surface area contributed by atoms with Gasteiger partial charge in [-0.1, -0.05) is 48.5 Å². The summed E-state index contributed by atoms with van der Waals surface area (Å²) in [5.41, 5.74) is 3.34. The van der Waals surface area contributed by atoms with Gasteiger partial charge >= 0.3 is 0 Å². The summed E-state index contributed by atoms with van der Waals surface area (Å²) in [7, 11) is 0. The molecule has 1 aliphatic heterocycles. The lowest BCUT2D eigenvalue weighted by atomic mass is 10.00. The van der Waals surface area contributed by atoms with Gasteiger partial charge in [0.05, 0.1) is 18.8 Å². The first-order valence-electron chi connectivity index (χ1n) is 6.14. The highest BCUT2D eigenvalue weighted by Crippen LogP contribution is 2.34. The smallest absolute Gasteiger partial charge is 0.110 e. The van der Waals surface area contributed by atoms with Crippen LogP contribution < -0.4 is 10.9 Å². The molecule has 2 aromatic carbocycles. The lowest BCUT2D eigenvalue weighted by Crippen LogP contribution is -2.33. The zero-order chi connectivity index (χ0) is 12.4. The van der Waals surface area contributed by atoms with E-state index in [4.69, 9.17) is 10.6 Å². The van der Waals surface area contributed by atoms with Crippen LogP contribution >= 0.6 is 0 Å². The van der Waals surface area contributed by atoms with Crippen LogP contribution in [0.3, 0.4) is 0 Å². The van der Waals surface area contributed by atoms with Gasteiger partial charge in [0.15, 0.2) is 0 Å². The molecule has 18 heavy (non-hydrogen) atoms. The van der Waals surface area contributed by atoms with E-state index in [9.17, 15) is 0 Å². The van der Waals surface area contributed by atoms with E-state index in [1.807, 2.05) is 36.4 Å². The predicted molar refractivity (Wildman–Crippen MR) is 72.2 cm³/mol. The average Bonchev–Trinajstić information content (AvgIpc) is 2.60. The Morgan fingerprint density at radius 3 is 2.56 bits per heavy atom. The number of hydrogen-bond donors (Lipinski definition) is 1. The number of hydrogen-bond acceptors (Lipinski definition) is 3. The van der Waals surface area contributed by atoms with Crippen molar-refractivity contribution in [2.45, 2.75) is 6.10 Å². The van der Waals surface area contributed by atoms with Crippen LogP contribution in [0.25, 0.3) is 0 Å². The Bertz CT molecular complexity index is 527. The quantitative estimate of drug-likeness (QED) is 0.778. The van der Waals surface area contributed by atoms with Gasteiger partial charge in [0, 0.05) is 5.56 Å². The first-order valence-corrected chi connectivity index (χ1v) is 6.14. The summed E-state index contributed by atoms with van der Waals surface area (Å²) >= 11 is 0. The fourth-order valence-electron chi connectivity index (χ4n) is 2.35. The zero-order valence-corrected chi connectivity index (χ0v) is 10.1. The summed E-state index contributed by atoms with van der Waals surface area (Å²) < 4.78 is 5.96. The third kappa shape index (κ3) is 1.98. The van der Waals surface area contributed by atoms with Gasteiger partial charge in [-0.3, -0.25) is 0 Å². The lowest BCUT2D eigenvalue weighted by molar-refractivity contribution is 0.0907. The van der Waals surface area contributed by atoms with E-state index < -0.39 is 0 Å². The molecule has 1 aliphatic rings. The van der Waals surface area contributed by atoms with Crippen LogP contribution in [-0.2, 0) is 4.74 Å². The molecule has 0 aliphatic carbocycles. The van der Waals surface area contributed by atoms with Crippen LogP contribution in [0.1, 0.15) is 17.2 Å². The van der Waals surface area contributed by atoms with Crippen molar-refractivity contribution in [1.29, 1.82) is 0 Å². The number of fused-ring (bicyclic) bond motifs is 1. The van der Waals surface area contributed by atoms with E-state index >= 15 is 0 Å². The molecule has 0 spiro atoms. The fraction of sp³-hybridized carbons (Fsp3) is 0.200. The highest BCUT2D eigenvalue weighted by atomic mass is 16.5. The molecule has 3 heteroatoms. The molecule has 0 bridgehead atoms. The van der Waals surface area contributed by atoms with Crippen LogP contribution in [-0.4, -0.2) is 13.2 Å². The number of nitrogens with two attached hydrogens (primary N) is 1. The molecule has 3 rings (SSSR count). The van der Waals surface area contributed by atoms with Gasteiger partial charge in [-0.05, 0) is 11.6 Å². The number of anilines is 1. The van der Waals surface area contributed by atoms with Crippen LogP contribution in [0.5, 0.6) is 0 Å². The molecule has 0 saturated carbocycles. The molecule has 1 heterocycles. The Balaban J connectivity index is 2.08. The van der Waals surface area contributed by atoms with Crippen molar-refractivity contribution in [2.24, 2.45) is 5.84 Å². The second-order valence-corrected chi connectivity index (χ2v) is 4.41. The maximum atomic E-state index is 6.04. The summed E-state index contributed by atoms with van der Waals surface area (Å²) in [4.78, 5) is 0. The summed E-state index contributed by atoms with van der Waals surface area (Å²) in [6.45, 7) is 1.34. The Morgan fingerprint density at radius 2 is 1.72 bits per heavy atom. The molecule has 92 valence electrons. The molecule has 2 N–H and O–H groups in total. The minimum Gasteiger partial charge on any atom is -0.367 e. The highest BCUT2D eigenvalue weighted by molar-refractivity contribution is 5.56. The summed E-state index contributed by atoms with van der Waals surface area (Å²) in [5, 5.41) is 1.76. The first kappa shape index (κ1) is 11.3. The van der Waals surface area contributed by atoms with Crippen molar-refractivity contribution in [3.8, 4) is 0 Å². The van der Waals surface area contributed by atoms with Crippen molar-refractivity contribution in [1.82, 2.24) is 0 Å². The second kappa shape index (κ2) is 4.80. The van der Waals surface area contributed by atoms with Crippen LogP contribution in [0, 0.1) is 0 Å². The SMILES string of the molecule is NN1CCOC(c2ccccc2)c2ccccc21. The molecule has 1 unspecified atom stereocenters. The van der Waals surface area contributed by atoms with E-state index in [1.54, 1.807) is 5.01 Å². The summed E-state index contributed by atoms with van der Waals surface area (Å²) in [5.74, 6) is 6.04. The molecular weight excluding hydrogens is 224 g/mol. The molecular formula is C15H16N2O. The molecule has 0 amide bonds. The monoisotopic (exact) mass is 240 g/mol. The number of rotatable bonds is 1. The molecule has 0 radical (unpaired) electrons. The average molecular weight is 240 g/mol. The van der Waals surface area contributed by atoms with Gasteiger partial charge < -0.3 is 9.75 Å². The predicted octanol–water partition coefficient (Wildman–Crippen LogP) is 2.49. The van der Waals surface area contributed by atoms with E-state index in [-0.39, 0.29) is 6.10 Å². The molecule has 0 saturated heterocycles. The van der Waals surface area contributed by atoms with E-state index in [2.05, 4.69) is 18.2 Å². The minimum atomic E-state index is -0.0315. The fourth-order valence-corrected chi connectivity index (χ4v) is 2.35. The van der Waals surface area contributed by atoms with E-state index in [0.717, 1.165) is 11.3 Å². The number of hydrazine groups is 1. The molecule has 1 atom stereocenters. The van der Waals surface area contributed by atoms with Gasteiger partial charge in [0.25, 0.3) is 0 Å². The Kier molecular flexibility index (Phi) is 3.00. The van der Waals surface area contributed by atoms with E-state index in [0.29, 0.717) is 13.2 Å². The standard InChI is InChI=1S/C15H16N2O/c16-17-10-11-18-15(12-6-2-1-3-7-12)13-8-4-5-9-14(13)17/h1-9,15H,10-11,16H2. The largest absolute Gasteiger partial charge is 0.367 e. The number of benzene rings is 2. The zero-order valence-electron chi connectivity index (χ0n) is 10.1. The molecule has 3 nitrogen and oxygen atoms in total. The van der Waals surface area contributed by atoms with Gasteiger partial charge in [-0.25, -0.2) is 5.84 Å². The highest BCUT2D eigenvalue weighted by Gasteiger charge is 2.22. The van der Waals surface area contributed by atoms with Gasteiger partial charge in [-0.2, -0.15) is 0 Å². The van der Waals surface area contributed by atoms with Gasteiger partial charge in [-0.15, -0.1) is 0 Å². The molecule has 2 aromatic rings. The van der Waals surface area contributed by atoms with Crippen molar-refractivity contribution in [3.63, 3.8) is 0 Å². The number of ether oxygens (including phenoxy) is 1. The molecule has 0 aromatic heterocycles. The van der Waals surface area contributed by atoms with Crippen molar-refractivity contribution < 1.29 is 4.74 Å². The number of nitrogens with zero attached hydrogens (tertiary/aromatic N) is 1. The van der Waals surface area contributed by atoms with Gasteiger partial charge in [0.1, 0.15) is 6.10 Å². The maximum absolute atomic E-state index is 6.04. The Morgan fingerprint density at radius 1 is 1.00 bits per heavy atom. The second-order valence-electron chi connectivity index (χ2n) is 4.41. The number of para-hydroxylation sites is 1. The first-order chi connectivity index (χ1) is 8.86. The molecule has 0 fully saturated rings. The summed E-state index contributed by atoms with van der Waals surface area (Å²) in [6, 6.07) is 18.4. The third-order valence-electron chi connectivity index (χ3n) is 3.25. The van der Waals surface area contributed by atoms with Crippen molar-refractivity contribution >= 4 is 5.69 Å². The van der Waals surface area contributed by atoms with Crippen molar-refractivity contribution in [2.75, 3.05) is 18.2 Å². The topological polar surface area (TPSA) is 38.5 Å². The van der Waals surface area contributed by atoms with Crippen LogP contribution in [0.15, 0.2) is 54.6 Å². The van der Waals surface area contributed by atoms with Crippen LogP contribution in [0.2, 0.25) is 0 Å².